The predicted octanol–water partition coefficient (Wildman–Crippen LogP) is 2.41. The van der Waals surface area contributed by atoms with Crippen molar-refractivity contribution in [1.29, 1.82) is 0 Å². The number of hydrogen-bond acceptors (Lipinski definition) is 4. The molecule has 0 unspecified atom stereocenters. The normalized spacial score (nSPS) is 10.1. The van der Waals surface area contributed by atoms with E-state index < -0.39 is 0 Å². The van der Waals surface area contributed by atoms with Gasteiger partial charge in [0.2, 0.25) is 5.91 Å². The van der Waals surface area contributed by atoms with Crippen LogP contribution in [0.4, 0.5) is 15.9 Å². The molecule has 3 N–H and O–H groups in total. The topological polar surface area (TPSA) is 83.1 Å². The van der Waals surface area contributed by atoms with Crippen LogP contribution in [0.2, 0.25) is 0 Å². The zero-order valence-electron chi connectivity index (χ0n) is 13.3. The second-order valence-corrected chi connectivity index (χ2v) is 5.02. The molecule has 0 aliphatic rings. The Kier molecular flexibility index (Phi) is 6.24. The first-order valence-corrected chi connectivity index (χ1v) is 7.62. The van der Waals surface area contributed by atoms with Crippen LogP contribution in [0.25, 0.3) is 0 Å². The molecule has 24 heavy (non-hydrogen) atoms. The van der Waals surface area contributed by atoms with E-state index in [1.807, 2.05) is 6.92 Å². The summed E-state index contributed by atoms with van der Waals surface area (Å²) < 4.78 is 12.8. The molecule has 7 heteroatoms. The molecular formula is C17H19FN4O2. The molecule has 0 saturated carbocycles. The second-order valence-electron chi connectivity index (χ2n) is 5.02. The van der Waals surface area contributed by atoms with Crippen LogP contribution in [0.3, 0.4) is 0 Å². The third kappa shape index (κ3) is 5.35. The molecule has 1 aromatic carbocycles. The van der Waals surface area contributed by atoms with Crippen LogP contribution in [0, 0.1) is 5.82 Å². The maximum Gasteiger partial charge on any atom is 0.251 e. The van der Waals surface area contributed by atoms with Gasteiger partial charge in [-0.1, -0.05) is 0 Å². The van der Waals surface area contributed by atoms with Crippen LogP contribution >= 0.6 is 0 Å². The van der Waals surface area contributed by atoms with Crippen molar-refractivity contribution in [1.82, 2.24) is 10.3 Å². The highest BCUT2D eigenvalue weighted by Gasteiger charge is 2.06. The molecule has 0 fully saturated rings. The van der Waals surface area contributed by atoms with Crippen LogP contribution in [-0.4, -0.2) is 29.9 Å². The fraction of sp³-hybridized carbons (Fsp3) is 0.235. The Bertz CT molecular complexity index is 704. The first-order chi connectivity index (χ1) is 11.6. The number of amides is 2. The third-order valence-corrected chi connectivity index (χ3v) is 3.15. The van der Waals surface area contributed by atoms with Crippen LogP contribution in [0.5, 0.6) is 0 Å². The van der Waals surface area contributed by atoms with Gasteiger partial charge in [-0.2, -0.15) is 0 Å². The van der Waals surface area contributed by atoms with E-state index in [2.05, 4.69) is 20.9 Å². The molecular weight excluding hydrogens is 311 g/mol. The Morgan fingerprint density at radius 1 is 1.17 bits per heavy atom. The smallest absolute Gasteiger partial charge is 0.251 e. The lowest BCUT2D eigenvalue weighted by Crippen LogP contribution is -2.23. The number of pyridine rings is 1. The van der Waals surface area contributed by atoms with Crippen molar-refractivity contribution in [3.05, 3.63) is 54.0 Å². The van der Waals surface area contributed by atoms with Crippen molar-refractivity contribution in [2.45, 2.75) is 13.3 Å². The first kappa shape index (κ1) is 17.4. The molecule has 0 bridgehead atoms. The monoisotopic (exact) mass is 330 g/mol. The molecule has 0 saturated heterocycles. The van der Waals surface area contributed by atoms with Crippen LogP contribution < -0.4 is 16.0 Å². The molecule has 0 radical (unpaired) electrons. The molecule has 6 nitrogen and oxygen atoms in total. The molecule has 0 atom stereocenters. The van der Waals surface area contributed by atoms with Crippen molar-refractivity contribution in [3.63, 3.8) is 0 Å². The number of carbonyl (C=O) groups is 2. The molecule has 126 valence electrons. The van der Waals surface area contributed by atoms with Crippen molar-refractivity contribution >= 4 is 23.3 Å². The van der Waals surface area contributed by atoms with Gasteiger partial charge in [0, 0.05) is 37.0 Å². The summed E-state index contributed by atoms with van der Waals surface area (Å²) in [6.07, 6.45) is 1.75. The molecule has 0 aliphatic carbocycles. The summed E-state index contributed by atoms with van der Waals surface area (Å²) in [5.41, 5.74) is 1.04. The zero-order valence-corrected chi connectivity index (χ0v) is 13.3. The van der Waals surface area contributed by atoms with Crippen molar-refractivity contribution in [2.24, 2.45) is 0 Å². The van der Waals surface area contributed by atoms with Gasteiger partial charge in [-0.15, -0.1) is 0 Å². The fourth-order valence-corrected chi connectivity index (χ4v) is 1.99. The number of benzene rings is 1. The number of anilines is 2. The highest BCUT2D eigenvalue weighted by Crippen LogP contribution is 2.09. The van der Waals surface area contributed by atoms with E-state index in [9.17, 15) is 14.0 Å². The molecule has 0 spiro atoms. The number of carbonyl (C=O) groups excluding carboxylic acids is 2. The van der Waals surface area contributed by atoms with Gasteiger partial charge in [0.25, 0.3) is 5.91 Å². The SMILES string of the molecule is CCNC(=O)c1ccnc(NCCC(=O)Nc2ccc(F)cc2)c1. The molecule has 1 heterocycles. The predicted molar refractivity (Wildman–Crippen MR) is 90.4 cm³/mol. The van der Waals surface area contributed by atoms with E-state index in [1.54, 1.807) is 12.1 Å². The van der Waals surface area contributed by atoms with Crippen LogP contribution in [0.1, 0.15) is 23.7 Å². The van der Waals surface area contributed by atoms with Crippen molar-refractivity contribution in [2.75, 3.05) is 23.7 Å². The summed E-state index contributed by atoms with van der Waals surface area (Å²) in [5, 5.41) is 8.38. The van der Waals surface area contributed by atoms with Gasteiger partial charge in [-0.25, -0.2) is 9.37 Å². The standard InChI is InChI=1S/C17H19FN4O2/c1-2-19-17(24)12-7-9-20-15(11-12)21-10-8-16(23)22-14-5-3-13(18)4-6-14/h3-7,9,11H,2,8,10H2,1H3,(H,19,24)(H,20,21)(H,22,23). The quantitative estimate of drug-likeness (QED) is 0.728. The maximum absolute atomic E-state index is 12.8. The van der Waals surface area contributed by atoms with Gasteiger partial charge in [0.1, 0.15) is 11.6 Å². The van der Waals surface area contributed by atoms with E-state index in [4.69, 9.17) is 0 Å². The number of nitrogens with zero attached hydrogens (tertiary/aromatic N) is 1. The average Bonchev–Trinajstić information content (AvgIpc) is 2.57. The van der Waals surface area contributed by atoms with E-state index in [0.717, 1.165) is 0 Å². The molecule has 0 aliphatic heterocycles. The summed E-state index contributed by atoms with van der Waals surface area (Å²) in [5.74, 6) is -0.202. The molecule has 1 aromatic heterocycles. The average molecular weight is 330 g/mol. The zero-order chi connectivity index (χ0) is 17.4. The van der Waals surface area contributed by atoms with Gasteiger partial charge in [-0.05, 0) is 43.3 Å². The van der Waals surface area contributed by atoms with Gasteiger partial charge in [-0.3, -0.25) is 9.59 Å². The van der Waals surface area contributed by atoms with E-state index >= 15 is 0 Å². The molecule has 2 rings (SSSR count). The van der Waals surface area contributed by atoms with Gasteiger partial charge in [0.05, 0.1) is 0 Å². The number of hydrogen-bond donors (Lipinski definition) is 3. The number of halogens is 1. The summed E-state index contributed by atoms with van der Waals surface area (Å²) in [6.45, 7) is 2.75. The lowest BCUT2D eigenvalue weighted by atomic mass is 10.2. The van der Waals surface area contributed by atoms with Gasteiger partial charge >= 0.3 is 0 Å². The minimum absolute atomic E-state index is 0.169. The first-order valence-electron chi connectivity index (χ1n) is 7.62. The van der Waals surface area contributed by atoms with Gasteiger partial charge in [0.15, 0.2) is 0 Å². The Morgan fingerprint density at radius 2 is 1.92 bits per heavy atom. The largest absolute Gasteiger partial charge is 0.370 e. The Labute approximate surface area is 139 Å². The van der Waals surface area contributed by atoms with Crippen molar-refractivity contribution in [3.8, 4) is 0 Å². The van der Waals surface area contributed by atoms with Crippen LogP contribution in [0.15, 0.2) is 42.6 Å². The van der Waals surface area contributed by atoms with E-state index in [-0.39, 0.29) is 24.1 Å². The minimum atomic E-state index is -0.354. The third-order valence-electron chi connectivity index (χ3n) is 3.15. The number of rotatable bonds is 7. The Balaban J connectivity index is 1.81. The lowest BCUT2D eigenvalue weighted by Gasteiger charge is -2.08. The summed E-state index contributed by atoms with van der Waals surface area (Å²) >= 11 is 0. The maximum atomic E-state index is 12.8. The Hall–Kier alpha value is -2.96. The van der Waals surface area contributed by atoms with E-state index in [0.29, 0.717) is 30.2 Å². The highest BCUT2D eigenvalue weighted by atomic mass is 19.1. The second kappa shape index (κ2) is 8.61. The molecule has 2 amide bonds. The van der Waals surface area contributed by atoms with Crippen LogP contribution in [-0.2, 0) is 4.79 Å². The van der Waals surface area contributed by atoms with Crippen molar-refractivity contribution < 1.29 is 14.0 Å². The fourth-order valence-electron chi connectivity index (χ4n) is 1.99. The molecule has 2 aromatic rings. The summed E-state index contributed by atoms with van der Waals surface area (Å²) in [7, 11) is 0. The summed E-state index contributed by atoms with van der Waals surface area (Å²) in [6, 6.07) is 8.81. The summed E-state index contributed by atoms with van der Waals surface area (Å²) in [4.78, 5) is 27.7. The lowest BCUT2D eigenvalue weighted by molar-refractivity contribution is -0.115. The minimum Gasteiger partial charge on any atom is -0.370 e. The number of nitrogens with one attached hydrogen (secondary N) is 3. The highest BCUT2D eigenvalue weighted by molar-refractivity contribution is 5.94. The number of aromatic nitrogens is 1. The van der Waals surface area contributed by atoms with Gasteiger partial charge < -0.3 is 16.0 Å². The Morgan fingerprint density at radius 3 is 2.62 bits per heavy atom. The van der Waals surface area contributed by atoms with E-state index in [1.165, 1.54) is 30.5 Å².